The van der Waals surface area contributed by atoms with Crippen LogP contribution in [0.15, 0.2) is 12.3 Å². The van der Waals surface area contributed by atoms with Crippen molar-refractivity contribution in [3.63, 3.8) is 0 Å². The van der Waals surface area contributed by atoms with Crippen LogP contribution in [-0.4, -0.2) is 32.3 Å². The molecule has 0 aromatic heterocycles. The van der Waals surface area contributed by atoms with Crippen molar-refractivity contribution in [2.24, 2.45) is 0 Å². The third kappa shape index (κ3) is 2.59. The molecule has 4 nitrogen and oxygen atoms in total. The maximum Gasteiger partial charge on any atom is 0.353 e. The summed E-state index contributed by atoms with van der Waals surface area (Å²) < 4.78 is 9.64. The van der Waals surface area contributed by atoms with E-state index in [-0.39, 0.29) is 11.8 Å². The van der Waals surface area contributed by atoms with Crippen molar-refractivity contribution in [2.45, 2.75) is 6.10 Å². The molecule has 1 N–H and O–H groups in total. The van der Waals surface area contributed by atoms with E-state index < -0.39 is 5.97 Å². The molecule has 0 amide bonds. The second-order valence-corrected chi connectivity index (χ2v) is 2.28. The molecule has 1 fully saturated rings. The van der Waals surface area contributed by atoms with Gasteiger partial charge in [-0.05, 0) is 0 Å². The van der Waals surface area contributed by atoms with Gasteiger partial charge in [0.2, 0.25) is 0 Å². The minimum absolute atomic E-state index is 0.114. The van der Waals surface area contributed by atoms with E-state index in [0.717, 1.165) is 0 Å². The van der Waals surface area contributed by atoms with Gasteiger partial charge in [0.1, 0.15) is 18.4 Å². The number of esters is 1. The number of carbonyl (C=O) groups is 1. The highest BCUT2D eigenvalue weighted by Crippen LogP contribution is 2.08. The lowest BCUT2D eigenvalue weighted by molar-refractivity contribution is -0.139. The van der Waals surface area contributed by atoms with Gasteiger partial charge in [0.25, 0.3) is 0 Å². The molecule has 1 atom stereocenters. The van der Waals surface area contributed by atoms with Gasteiger partial charge in [-0.3, -0.25) is 0 Å². The number of likely N-dealkylation sites (N-methyl/N-ethyl adjacent to an activating group) is 1. The first-order valence-electron chi connectivity index (χ1n) is 3.39. The third-order valence-electron chi connectivity index (χ3n) is 1.35. The van der Waals surface area contributed by atoms with Gasteiger partial charge < -0.3 is 14.8 Å². The average Bonchev–Trinajstić information content (AvgIpc) is 2.81. The van der Waals surface area contributed by atoms with Gasteiger partial charge in [-0.25, -0.2) is 4.79 Å². The van der Waals surface area contributed by atoms with E-state index in [1.54, 1.807) is 7.05 Å². The molecule has 1 rings (SSSR count). The molecule has 1 aliphatic heterocycles. The quantitative estimate of drug-likeness (QED) is 0.344. The van der Waals surface area contributed by atoms with Crippen molar-refractivity contribution < 1.29 is 14.3 Å². The topological polar surface area (TPSA) is 50.9 Å². The maximum atomic E-state index is 10.9. The standard InChI is InChI=1S/C7H11NO3/c1-5(8-2)7(9)11-4-6-3-10-6/h6,8H,1,3-4H2,2H3. The van der Waals surface area contributed by atoms with Crippen LogP contribution in [0.1, 0.15) is 0 Å². The normalized spacial score (nSPS) is 20.6. The Balaban J connectivity index is 2.13. The Hall–Kier alpha value is -1.03. The van der Waals surface area contributed by atoms with Crippen molar-refractivity contribution in [1.29, 1.82) is 0 Å². The molecule has 1 unspecified atom stereocenters. The fourth-order valence-electron chi connectivity index (χ4n) is 0.522. The Morgan fingerprint density at radius 2 is 2.55 bits per heavy atom. The van der Waals surface area contributed by atoms with Crippen LogP contribution in [0.2, 0.25) is 0 Å². The molecule has 0 radical (unpaired) electrons. The summed E-state index contributed by atoms with van der Waals surface area (Å²) in [6, 6.07) is 0. The molecule has 0 aliphatic carbocycles. The summed E-state index contributed by atoms with van der Waals surface area (Å²) >= 11 is 0. The molecule has 0 aromatic carbocycles. The van der Waals surface area contributed by atoms with Gasteiger partial charge in [0, 0.05) is 7.05 Å². The Labute approximate surface area is 65.2 Å². The van der Waals surface area contributed by atoms with Gasteiger partial charge in [0.15, 0.2) is 0 Å². The second-order valence-electron chi connectivity index (χ2n) is 2.28. The van der Waals surface area contributed by atoms with Crippen molar-refractivity contribution in [1.82, 2.24) is 5.32 Å². The summed E-state index contributed by atoms with van der Waals surface area (Å²) in [5.41, 5.74) is 0.269. The highest BCUT2D eigenvalue weighted by atomic mass is 16.6. The zero-order chi connectivity index (χ0) is 8.27. The van der Waals surface area contributed by atoms with Crippen LogP contribution in [0.5, 0.6) is 0 Å². The minimum atomic E-state index is -0.414. The van der Waals surface area contributed by atoms with Gasteiger partial charge in [-0.15, -0.1) is 0 Å². The van der Waals surface area contributed by atoms with E-state index in [9.17, 15) is 4.79 Å². The van der Waals surface area contributed by atoms with Crippen molar-refractivity contribution in [2.75, 3.05) is 20.3 Å². The van der Waals surface area contributed by atoms with Gasteiger partial charge >= 0.3 is 5.97 Å². The zero-order valence-electron chi connectivity index (χ0n) is 6.42. The van der Waals surface area contributed by atoms with Crippen molar-refractivity contribution >= 4 is 5.97 Å². The lowest BCUT2D eigenvalue weighted by atomic mass is 10.5. The molecule has 0 saturated carbocycles. The molecule has 0 aromatic rings. The summed E-state index contributed by atoms with van der Waals surface area (Å²) in [5, 5.41) is 2.60. The first-order chi connectivity index (χ1) is 5.24. The van der Waals surface area contributed by atoms with E-state index in [1.807, 2.05) is 0 Å². The monoisotopic (exact) mass is 157 g/mol. The van der Waals surface area contributed by atoms with E-state index >= 15 is 0 Å². The predicted octanol–water partition coefficient (Wildman–Crippen LogP) is -0.339. The number of rotatable bonds is 4. The Kier molecular flexibility index (Phi) is 2.48. The molecular weight excluding hydrogens is 146 g/mol. The number of ether oxygens (including phenoxy) is 2. The van der Waals surface area contributed by atoms with Crippen molar-refractivity contribution in [3.05, 3.63) is 12.3 Å². The Morgan fingerprint density at radius 1 is 1.91 bits per heavy atom. The van der Waals surface area contributed by atoms with E-state index in [0.29, 0.717) is 13.2 Å². The lowest BCUT2D eigenvalue weighted by Crippen LogP contribution is -2.19. The average molecular weight is 157 g/mol. The highest BCUT2D eigenvalue weighted by molar-refractivity contribution is 5.86. The molecule has 62 valence electrons. The molecular formula is C7H11NO3. The van der Waals surface area contributed by atoms with E-state index in [4.69, 9.17) is 9.47 Å². The van der Waals surface area contributed by atoms with Gasteiger partial charge in [-0.1, -0.05) is 6.58 Å². The van der Waals surface area contributed by atoms with Crippen LogP contribution in [0.25, 0.3) is 0 Å². The molecule has 1 heterocycles. The van der Waals surface area contributed by atoms with Crippen LogP contribution in [0.3, 0.4) is 0 Å². The van der Waals surface area contributed by atoms with Crippen LogP contribution < -0.4 is 5.32 Å². The third-order valence-corrected chi connectivity index (χ3v) is 1.35. The SMILES string of the molecule is C=C(NC)C(=O)OCC1CO1. The molecule has 0 bridgehead atoms. The summed E-state index contributed by atoms with van der Waals surface area (Å²) in [4.78, 5) is 10.9. The van der Waals surface area contributed by atoms with Crippen LogP contribution in [0, 0.1) is 0 Å². The van der Waals surface area contributed by atoms with Crippen LogP contribution in [-0.2, 0) is 14.3 Å². The fraction of sp³-hybridized carbons (Fsp3) is 0.571. The number of nitrogens with one attached hydrogen (secondary N) is 1. The lowest BCUT2D eigenvalue weighted by Gasteiger charge is -2.03. The summed E-state index contributed by atoms with van der Waals surface area (Å²) in [7, 11) is 1.62. The predicted molar refractivity (Wildman–Crippen MR) is 38.9 cm³/mol. The largest absolute Gasteiger partial charge is 0.458 e. The van der Waals surface area contributed by atoms with Crippen LogP contribution in [0.4, 0.5) is 0 Å². The first kappa shape index (κ1) is 8.07. The number of carbonyl (C=O) groups excluding carboxylic acids is 1. The first-order valence-corrected chi connectivity index (χ1v) is 3.39. The molecule has 4 heteroatoms. The molecule has 11 heavy (non-hydrogen) atoms. The number of hydrogen-bond donors (Lipinski definition) is 1. The minimum Gasteiger partial charge on any atom is -0.458 e. The maximum absolute atomic E-state index is 10.9. The Morgan fingerprint density at radius 3 is 3.00 bits per heavy atom. The van der Waals surface area contributed by atoms with E-state index in [2.05, 4.69) is 11.9 Å². The van der Waals surface area contributed by atoms with Gasteiger partial charge in [0.05, 0.1) is 6.61 Å². The zero-order valence-corrected chi connectivity index (χ0v) is 6.42. The number of hydrogen-bond acceptors (Lipinski definition) is 4. The number of epoxide rings is 1. The summed E-state index contributed by atoms with van der Waals surface area (Å²) in [5.74, 6) is -0.414. The molecule has 1 aliphatic rings. The molecule has 1 saturated heterocycles. The summed E-state index contributed by atoms with van der Waals surface area (Å²) in [6.07, 6.45) is 0.114. The van der Waals surface area contributed by atoms with Gasteiger partial charge in [-0.2, -0.15) is 0 Å². The smallest absolute Gasteiger partial charge is 0.353 e. The van der Waals surface area contributed by atoms with Crippen LogP contribution >= 0.6 is 0 Å². The highest BCUT2D eigenvalue weighted by Gasteiger charge is 2.24. The Bertz CT molecular complexity index is 175. The molecule has 0 spiro atoms. The fourth-order valence-corrected chi connectivity index (χ4v) is 0.522. The van der Waals surface area contributed by atoms with E-state index in [1.165, 1.54) is 0 Å². The second kappa shape index (κ2) is 3.39. The summed E-state index contributed by atoms with van der Waals surface area (Å²) in [6.45, 7) is 4.47. The van der Waals surface area contributed by atoms with Crippen molar-refractivity contribution in [3.8, 4) is 0 Å².